The number of carbonyl (C=O) groups excluding carboxylic acids is 2. The van der Waals surface area contributed by atoms with Gasteiger partial charge in [-0.3, -0.25) is 0 Å². The van der Waals surface area contributed by atoms with E-state index in [1.807, 2.05) is 4.90 Å². The van der Waals surface area contributed by atoms with Crippen molar-refractivity contribution in [1.29, 1.82) is 0 Å². The van der Waals surface area contributed by atoms with Crippen molar-refractivity contribution in [3.8, 4) is 0 Å². The van der Waals surface area contributed by atoms with Crippen molar-refractivity contribution >= 4 is 17.6 Å². The molecule has 3 aliphatic rings. The van der Waals surface area contributed by atoms with Gasteiger partial charge in [0, 0.05) is 30.8 Å². The summed E-state index contributed by atoms with van der Waals surface area (Å²) in [6.45, 7) is 3.62. The first-order chi connectivity index (χ1) is 13.9. The maximum Gasteiger partial charge on any atom is 0.336 e. The van der Waals surface area contributed by atoms with Gasteiger partial charge in [0.1, 0.15) is 11.6 Å². The average Bonchev–Trinajstić information content (AvgIpc) is 3.01. The van der Waals surface area contributed by atoms with E-state index in [4.69, 9.17) is 4.74 Å². The molecule has 2 amide bonds. The van der Waals surface area contributed by atoms with Gasteiger partial charge in [0.15, 0.2) is 0 Å². The summed E-state index contributed by atoms with van der Waals surface area (Å²) in [4.78, 5) is 29.6. The molecule has 0 unspecified atom stereocenters. The van der Waals surface area contributed by atoms with Gasteiger partial charge >= 0.3 is 12.0 Å². The SMILES string of the molecule is COC(=O)C1=C(c2ccc(F)cc2F)C[C@@H]2CC[C@H]1N2C(=O)N1CCC(C)CC1. The third-order valence-electron chi connectivity index (χ3n) is 6.54. The Labute approximate surface area is 169 Å². The molecule has 0 N–H and O–H groups in total. The quantitative estimate of drug-likeness (QED) is 0.701. The molecule has 5 nitrogen and oxygen atoms in total. The zero-order valence-corrected chi connectivity index (χ0v) is 16.8. The molecule has 2 fully saturated rings. The summed E-state index contributed by atoms with van der Waals surface area (Å²) in [5.41, 5.74) is 1.06. The molecule has 0 aliphatic carbocycles. The highest BCUT2D eigenvalue weighted by Crippen LogP contribution is 2.44. The second-order valence-electron chi connectivity index (χ2n) is 8.32. The molecule has 0 radical (unpaired) electrons. The van der Waals surface area contributed by atoms with Gasteiger partial charge < -0.3 is 14.5 Å². The van der Waals surface area contributed by atoms with E-state index in [2.05, 4.69) is 6.92 Å². The van der Waals surface area contributed by atoms with E-state index >= 15 is 0 Å². The molecule has 1 aromatic rings. The molecule has 3 heterocycles. The van der Waals surface area contributed by atoms with E-state index in [0.29, 0.717) is 43.0 Å². The topological polar surface area (TPSA) is 49.9 Å². The number of hydrogen-bond acceptors (Lipinski definition) is 3. The number of carbonyl (C=O) groups is 2. The molecule has 7 heteroatoms. The maximum atomic E-state index is 14.5. The summed E-state index contributed by atoms with van der Waals surface area (Å²) < 4.78 is 32.9. The Morgan fingerprint density at radius 1 is 1.10 bits per heavy atom. The number of ether oxygens (including phenoxy) is 1. The summed E-state index contributed by atoms with van der Waals surface area (Å²) in [5, 5.41) is 0. The molecule has 2 saturated heterocycles. The van der Waals surface area contributed by atoms with Crippen LogP contribution in [0.1, 0.15) is 44.6 Å². The van der Waals surface area contributed by atoms with E-state index < -0.39 is 23.6 Å². The van der Waals surface area contributed by atoms with Gasteiger partial charge in [-0.2, -0.15) is 0 Å². The molecule has 29 heavy (non-hydrogen) atoms. The standard InChI is InChI=1S/C22H26F2N2O3/c1-13-7-9-25(10-8-13)22(28)26-15-4-6-19(26)20(21(27)29-2)17(12-15)16-5-3-14(23)11-18(16)24/h3,5,11,13,15,19H,4,6-10,12H2,1-2H3/t15-,19+/m0/s1. The van der Waals surface area contributed by atoms with Gasteiger partial charge in [0.2, 0.25) is 0 Å². The lowest BCUT2D eigenvalue weighted by molar-refractivity contribution is -0.136. The molecule has 2 bridgehead atoms. The van der Waals surface area contributed by atoms with Crippen LogP contribution in [0.4, 0.5) is 13.6 Å². The molecule has 0 aromatic heterocycles. The second kappa shape index (κ2) is 7.76. The number of methoxy groups -OCH3 is 1. The van der Waals surface area contributed by atoms with Crippen LogP contribution in [0.2, 0.25) is 0 Å². The Morgan fingerprint density at radius 2 is 1.83 bits per heavy atom. The zero-order valence-electron chi connectivity index (χ0n) is 16.8. The fourth-order valence-electron chi connectivity index (χ4n) is 4.92. The van der Waals surface area contributed by atoms with Crippen molar-refractivity contribution in [3.63, 3.8) is 0 Å². The summed E-state index contributed by atoms with van der Waals surface area (Å²) in [5.74, 6) is -1.32. The van der Waals surface area contributed by atoms with Gasteiger partial charge in [-0.15, -0.1) is 0 Å². The minimum absolute atomic E-state index is 0.0515. The Hall–Kier alpha value is -2.44. The molecule has 0 spiro atoms. The van der Waals surface area contributed by atoms with Crippen LogP contribution in [0.3, 0.4) is 0 Å². The Morgan fingerprint density at radius 3 is 2.48 bits per heavy atom. The molecule has 1 aromatic carbocycles. The average molecular weight is 404 g/mol. The minimum atomic E-state index is -0.703. The van der Waals surface area contributed by atoms with E-state index in [1.54, 1.807) is 4.90 Å². The van der Waals surface area contributed by atoms with Crippen molar-refractivity contribution < 1.29 is 23.1 Å². The smallest absolute Gasteiger partial charge is 0.336 e. The van der Waals surface area contributed by atoms with Gasteiger partial charge in [-0.05, 0) is 55.7 Å². The van der Waals surface area contributed by atoms with Crippen molar-refractivity contribution in [2.75, 3.05) is 20.2 Å². The van der Waals surface area contributed by atoms with Crippen molar-refractivity contribution in [1.82, 2.24) is 9.80 Å². The lowest BCUT2D eigenvalue weighted by atomic mass is 9.88. The number of piperidine rings is 1. The van der Waals surface area contributed by atoms with Gasteiger partial charge in [-0.1, -0.05) is 6.92 Å². The third-order valence-corrected chi connectivity index (χ3v) is 6.54. The molecular weight excluding hydrogens is 378 g/mol. The van der Waals surface area contributed by atoms with E-state index in [-0.39, 0.29) is 17.6 Å². The number of benzene rings is 1. The van der Waals surface area contributed by atoms with Gasteiger partial charge in [0.25, 0.3) is 0 Å². The monoisotopic (exact) mass is 404 g/mol. The number of rotatable bonds is 2. The van der Waals surface area contributed by atoms with Gasteiger partial charge in [0.05, 0.1) is 18.7 Å². The predicted octanol–water partition coefficient (Wildman–Crippen LogP) is 3.98. The number of fused-ring (bicyclic) bond motifs is 2. The van der Waals surface area contributed by atoms with Crippen LogP contribution in [0, 0.1) is 17.6 Å². The van der Waals surface area contributed by atoms with Gasteiger partial charge in [-0.25, -0.2) is 18.4 Å². The Kier molecular flexibility index (Phi) is 5.32. The molecule has 2 atom stereocenters. The van der Waals surface area contributed by atoms with E-state index in [0.717, 1.165) is 25.3 Å². The minimum Gasteiger partial charge on any atom is -0.466 e. The number of nitrogens with zero attached hydrogens (tertiary/aromatic N) is 2. The molecule has 0 saturated carbocycles. The normalized spacial score (nSPS) is 24.8. The van der Waals surface area contributed by atoms with Crippen LogP contribution >= 0.6 is 0 Å². The highest BCUT2D eigenvalue weighted by molar-refractivity contribution is 6.01. The summed E-state index contributed by atoms with van der Waals surface area (Å²) in [7, 11) is 1.28. The van der Waals surface area contributed by atoms with Crippen LogP contribution in [-0.2, 0) is 9.53 Å². The van der Waals surface area contributed by atoms with Crippen LogP contribution in [-0.4, -0.2) is 54.1 Å². The van der Waals surface area contributed by atoms with Crippen LogP contribution in [0.25, 0.3) is 5.57 Å². The summed E-state index contributed by atoms with van der Waals surface area (Å²) >= 11 is 0. The van der Waals surface area contributed by atoms with Crippen molar-refractivity contribution in [2.45, 2.75) is 51.1 Å². The zero-order chi connectivity index (χ0) is 20.7. The number of urea groups is 1. The third kappa shape index (κ3) is 3.51. The molecule has 156 valence electrons. The number of likely N-dealkylation sites (tertiary alicyclic amines) is 1. The Bertz CT molecular complexity index is 862. The van der Waals surface area contributed by atoms with E-state index in [9.17, 15) is 18.4 Å². The van der Waals surface area contributed by atoms with E-state index in [1.165, 1.54) is 19.2 Å². The first-order valence-corrected chi connectivity index (χ1v) is 10.2. The largest absolute Gasteiger partial charge is 0.466 e. The van der Waals surface area contributed by atoms with Crippen LogP contribution in [0.5, 0.6) is 0 Å². The molecular formula is C22H26F2N2O3. The lowest BCUT2D eigenvalue weighted by Gasteiger charge is -2.41. The number of esters is 1. The number of halogens is 2. The van der Waals surface area contributed by atoms with Crippen molar-refractivity contribution in [3.05, 3.63) is 41.0 Å². The Balaban J connectivity index is 1.71. The maximum absolute atomic E-state index is 14.5. The first kappa shape index (κ1) is 19.9. The fourth-order valence-corrected chi connectivity index (χ4v) is 4.92. The lowest BCUT2D eigenvalue weighted by Crippen LogP contribution is -2.53. The number of amides is 2. The van der Waals surface area contributed by atoms with Crippen LogP contribution < -0.4 is 0 Å². The predicted molar refractivity (Wildman–Crippen MR) is 104 cm³/mol. The molecule has 3 aliphatic heterocycles. The fraction of sp³-hybridized carbons (Fsp3) is 0.545. The van der Waals surface area contributed by atoms with Crippen molar-refractivity contribution in [2.24, 2.45) is 5.92 Å². The first-order valence-electron chi connectivity index (χ1n) is 10.2. The summed E-state index contributed by atoms with van der Waals surface area (Å²) in [6.07, 6.45) is 3.69. The van der Waals surface area contributed by atoms with Crippen LogP contribution in [0.15, 0.2) is 23.8 Å². The summed E-state index contributed by atoms with van der Waals surface area (Å²) in [6, 6.07) is 2.79. The number of hydrogen-bond donors (Lipinski definition) is 0. The molecule has 4 rings (SSSR count). The highest BCUT2D eigenvalue weighted by Gasteiger charge is 2.48. The second-order valence-corrected chi connectivity index (χ2v) is 8.32. The highest BCUT2D eigenvalue weighted by atomic mass is 19.1.